The molecule has 0 saturated carbocycles. The quantitative estimate of drug-likeness (QED) is 0.659. The van der Waals surface area contributed by atoms with Crippen LogP contribution in [-0.4, -0.2) is 40.6 Å². The van der Waals surface area contributed by atoms with Crippen LogP contribution in [0.5, 0.6) is 0 Å². The first kappa shape index (κ1) is 19.7. The molecule has 24 heavy (non-hydrogen) atoms. The minimum atomic E-state index is -1.10. The average molecular weight is 339 g/mol. The monoisotopic (exact) mass is 339 g/mol. The molecule has 3 N–H and O–H groups in total. The molecule has 1 rings (SSSR count). The zero-order valence-electron chi connectivity index (χ0n) is 14.7. The maximum atomic E-state index is 12.2. The summed E-state index contributed by atoms with van der Waals surface area (Å²) in [7, 11) is 0. The van der Waals surface area contributed by atoms with Gasteiger partial charge >= 0.3 is 5.97 Å². The molecule has 0 radical (unpaired) electrons. The molecule has 0 unspecified atom stereocenters. The fourth-order valence-electron chi connectivity index (χ4n) is 2.24. The first-order valence-corrected chi connectivity index (χ1v) is 7.90. The fourth-order valence-corrected chi connectivity index (χ4v) is 2.24. The van der Waals surface area contributed by atoms with Crippen molar-refractivity contribution in [3.05, 3.63) is 17.0 Å². The average Bonchev–Trinajstić information content (AvgIpc) is 2.85. The molecular weight excluding hydrogens is 314 g/mol. The topological polar surface area (TPSA) is 122 Å². The zero-order chi connectivity index (χ0) is 18.4. The summed E-state index contributed by atoms with van der Waals surface area (Å²) >= 11 is 0. The van der Waals surface area contributed by atoms with Gasteiger partial charge in [0.25, 0.3) is 5.91 Å². The van der Waals surface area contributed by atoms with E-state index >= 15 is 0 Å². The van der Waals surface area contributed by atoms with Crippen LogP contribution in [0, 0.1) is 12.8 Å². The Balaban J connectivity index is 2.65. The van der Waals surface area contributed by atoms with E-state index in [1.165, 1.54) is 0 Å². The third-order valence-corrected chi connectivity index (χ3v) is 3.39. The number of nitrogens with one attached hydrogen (secondary N) is 2. The predicted molar refractivity (Wildman–Crippen MR) is 86.7 cm³/mol. The number of aryl methyl sites for hydroxylation is 1. The van der Waals surface area contributed by atoms with Crippen molar-refractivity contribution in [2.45, 2.75) is 53.0 Å². The summed E-state index contributed by atoms with van der Waals surface area (Å²) in [6, 6.07) is -0.974. The molecule has 0 aliphatic heterocycles. The Morgan fingerprint density at radius 2 is 1.83 bits per heavy atom. The molecule has 8 heteroatoms. The summed E-state index contributed by atoms with van der Waals surface area (Å²) in [6.45, 7) is 8.80. The summed E-state index contributed by atoms with van der Waals surface area (Å²) < 4.78 is 5.14. The number of aromatic nitrogens is 1. The van der Waals surface area contributed by atoms with Gasteiger partial charge in [-0.2, -0.15) is 0 Å². The first-order chi connectivity index (χ1) is 11.1. The molecule has 134 valence electrons. The highest BCUT2D eigenvalue weighted by Gasteiger charge is 2.24. The Hall–Kier alpha value is -2.38. The Bertz CT molecular complexity index is 607. The molecule has 0 aliphatic rings. The summed E-state index contributed by atoms with van der Waals surface area (Å²) in [4.78, 5) is 35.3. The molecule has 1 atom stereocenters. The molecule has 1 heterocycles. The number of carboxylic acids is 1. The Morgan fingerprint density at radius 1 is 1.21 bits per heavy atom. The number of hydrogen-bond acceptors (Lipinski definition) is 5. The summed E-state index contributed by atoms with van der Waals surface area (Å²) in [5.41, 5.74) is 0.759. The van der Waals surface area contributed by atoms with Crippen molar-refractivity contribution in [3.63, 3.8) is 0 Å². The minimum Gasteiger partial charge on any atom is -0.480 e. The van der Waals surface area contributed by atoms with Gasteiger partial charge in [0.2, 0.25) is 5.91 Å². The normalized spacial score (nSPS) is 12.3. The maximum absolute atomic E-state index is 12.2. The SMILES string of the molecule is Cc1noc(C(C)C)c1C(=O)NCC(=O)N[C@@H](CC(C)C)C(=O)O. The van der Waals surface area contributed by atoms with Gasteiger partial charge in [-0.1, -0.05) is 32.9 Å². The number of carbonyl (C=O) groups excluding carboxylic acids is 2. The lowest BCUT2D eigenvalue weighted by molar-refractivity contribution is -0.142. The molecule has 0 saturated heterocycles. The standard InChI is InChI=1S/C16H25N3O5/c1-8(2)6-11(16(22)23)18-12(20)7-17-15(21)13-10(5)19-24-14(13)9(3)4/h8-9,11H,6-7H2,1-5H3,(H,17,21)(H,18,20)(H,22,23)/t11-/m0/s1. The number of nitrogens with zero attached hydrogens (tertiary/aromatic N) is 1. The fraction of sp³-hybridized carbons (Fsp3) is 0.625. The Labute approximate surface area is 141 Å². The highest BCUT2D eigenvalue weighted by atomic mass is 16.5. The number of amides is 2. The van der Waals surface area contributed by atoms with E-state index in [-0.39, 0.29) is 18.4 Å². The number of carbonyl (C=O) groups is 3. The van der Waals surface area contributed by atoms with E-state index in [1.54, 1.807) is 6.92 Å². The molecule has 2 amide bonds. The molecule has 8 nitrogen and oxygen atoms in total. The number of aliphatic carboxylic acids is 1. The van der Waals surface area contributed by atoms with Gasteiger partial charge in [-0.15, -0.1) is 0 Å². The van der Waals surface area contributed by atoms with Crippen molar-refractivity contribution in [3.8, 4) is 0 Å². The van der Waals surface area contributed by atoms with Crippen LogP contribution in [0.4, 0.5) is 0 Å². The molecular formula is C16H25N3O5. The van der Waals surface area contributed by atoms with Crippen LogP contribution >= 0.6 is 0 Å². The largest absolute Gasteiger partial charge is 0.480 e. The summed E-state index contributed by atoms with van der Waals surface area (Å²) in [5, 5.41) is 17.8. The van der Waals surface area contributed by atoms with E-state index in [9.17, 15) is 14.4 Å². The van der Waals surface area contributed by atoms with Crippen molar-refractivity contribution in [1.29, 1.82) is 0 Å². The van der Waals surface area contributed by atoms with E-state index in [1.807, 2.05) is 27.7 Å². The number of rotatable bonds is 8. The van der Waals surface area contributed by atoms with Crippen molar-refractivity contribution >= 4 is 17.8 Å². The van der Waals surface area contributed by atoms with Gasteiger partial charge in [-0.25, -0.2) is 4.79 Å². The van der Waals surface area contributed by atoms with Gasteiger partial charge in [0.15, 0.2) is 5.76 Å². The van der Waals surface area contributed by atoms with E-state index in [0.29, 0.717) is 23.4 Å². The smallest absolute Gasteiger partial charge is 0.326 e. The van der Waals surface area contributed by atoms with E-state index in [4.69, 9.17) is 9.63 Å². The molecule has 0 aliphatic carbocycles. The highest BCUT2D eigenvalue weighted by molar-refractivity contribution is 5.98. The third kappa shape index (κ3) is 5.36. The second-order valence-electron chi connectivity index (χ2n) is 6.43. The van der Waals surface area contributed by atoms with E-state index in [2.05, 4.69) is 15.8 Å². The van der Waals surface area contributed by atoms with Gasteiger partial charge in [0, 0.05) is 5.92 Å². The second-order valence-corrected chi connectivity index (χ2v) is 6.43. The maximum Gasteiger partial charge on any atom is 0.326 e. The van der Waals surface area contributed by atoms with Gasteiger partial charge in [0.1, 0.15) is 11.6 Å². The molecule has 0 aromatic carbocycles. The van der Waals surface area contributed by atoms with Gasteiger partial charge < -0.3 is 20.3 Å². The van der Waals surface area contributed by atoms with E-state index < -0.39 is 23.8 Å². The number of hydrogen-bond donors (Lipinski definition) is 3. The lowest BCUT2D eigenvalue weighted by atomic mass is 10.0. The van der Waals surface area contributed by atoms with Crippen molar-refractivity contribution in [2.24, 2.45) is 5.92 Å². The summed E-state index contributed by atoms with van der Waals surface area (Å²) in [6.07, 6.45) is 0.317. The molecule has 0 fully saturated rings. The van der Waals surface area contributed by atoms with Crippen LogP contribution in [-0.2, 0) is 9.59 Å². The molecule has 0 spiro atoms. The Kier molecular flexibility index (Phi) is 6.94. The lowest BCUT2D eigenvalue weighted by Crippen LogP contribution is -2.46. The third-order valence-electron chi connectivity index (χ3n) is 3.39. The van der Waals surface area contributed by atoms with Crippen LogP contribution in [0.2, 0.25) is 0 Å². The second kappa shape index (κ2) is 8.47. The minimum absolute atomic E-state index is 0.0248. The number of carboxylic acid groups (broad SMARTS) is 1. The van der Waals surface area contributed by atoms with Crippen LogP contribution < -0.4 is 10.6 Å². The summed E-state index contributed by atoms with van der Waals surface area (Å²) in [5.74, 6) is -1.58. The first-order valence-electron chi connectivity index (χ1n) is 7.90. The van der Waals surface area contributed by atoms with Crippen LogP contribution in [0.15, 0.2) is 4.52 Å². The van der Waals surface area contributed by atoms with E-state index in [0.717, 1.165) is 0 Å². The zero-order valence-corrected chi connectivity index (χ0v) is 14.7. The van der Waals surface area contributed by atoms with Gasteiger partial charge in [0.05, 0.1) is 12.2 Å². The predicted octanol–water partition coefficient (Wildman–Crippen LogP) is 1.45. The van der Waals surface area contributed by atoms with Crippen molar-refractivity contribution in [2.75, 3.05) is 6.54 Å². The Morgan fingerprint density at radius 3 is 2.33 bits per heavy atom. The lowest BCUT2D eigenvalue weighted by Gasteiger charge is -2.16. The van der Waals surface area contributed by atoms with Crippen LogP contribution in [0.1, 0.15) is 61.8 Å². The van der Waals surface area contributed by atoms with Gasteiger partial charge in [-0.05, 0) is 19.3 Å². The molecule has 1 aromatic rings. The van der Waals surface area contributed by atoms with Crippen molar-refractivity contribution < 1.29 is 24.0 Å². The van der Waals surface area contributed by atoms with Gasteiger partial charge in [-0.3, -0.25) is 9.59 Å². The molecule has 1 aromatic heterocycles. The molecule has 0 bridgehead atoms. The van der Waals surface area contributed by atoms with Crippen molar-refractivity contribution in [1.82, 2.24) is 15.8 Å². The van der Waals surface area contributed by atoms with Crippen LogP contribution in [0.3, 0.4) is 0 Å². The highest BCUT2D eigenvalue weighted by Crippen LogP contribution is 2.21. The van der Waals surface area contributed by atoms with Crippen LogP contribution in [0.25, 0.3) is 0 Å².